The van der Waals surface area contributed by atoms with Gasteiger partial charge in [0, 0.05) is 12.6 Å². The summed E-state index contributed by atoms with van der Waals surface area (Å²) in [5.74, 6) is -0.938. The van der Waals surface area contributed by atoms with Crippen LogP contribution in [0.1, 0.15) is 44.2 Å². The molecule has 6 nitrogen and oxygen atoms in total. The van der Waals surface area contributed by atoms with Crippen molar-refractivity contribution in [2.24, 2.45) is 5.41 Å². The summed E-state index contributed by atoms with van der Waals surface area (Å²) >= 11 is 0. The van der Waals surface area contributed by atoms with E-state index in [-0.39, 0.29) is 24.2 Å². The second kappa shape index (κ2) is 6.45. The monoisotopic (exact) mass is 277 g/mol. The molecule has 0 aliphatic heterocycles. The average Bonchev–Trinajstić information content (AvgIpc) is 2.85. The lowest BCUT2D eigenvalue weighted by atomic mass is 9.79. The maximum atomic E-state index is 12.0. The number of rotatable bonds is 6. The number of carbonyl (C=O) groups excluding carboxylic acids is 1. The number of hydrogen-bond acceptors (Lipinski definition) is 4. The molecule has 1 aromatic rings. The first-order chi connectivity index (χ1) is 9.60. The predicted octanol–water partition coefficient (Wildman–Crippen LogP) is 1.52. The van der Waals surface area contributed by atoms with Crippen molar-refractivity contribution in [1.29, 1.82) is 0 Å². The van der Waals surface area contributed by atoms with Crippen molar-refractivity contribution in [3.8, 4) is 0 Å². The average molecular weight is 277 g/mol. The van der Waals surface area contributed by atoms with Gasteiger partial charge in [-0.05, 0) is 30.4 Å². The van der Waals surface area contributed by atoms with Crippen molar-refractivity contribution in [1.82, 2.24) is 15.5 Å². The van der Waals surface area contributed by atoms with Gasteiger partial charge in [0.2, 0.25) is 5.91 Å². The van der Waals surface area contributed by atoms with E-state index in [9.17, 15) is 9.59 Å². The van der Waals surface area contributed by atoms with Crippen LogP contribution in [0.5, 0.6) is 0 Å². The molecule has 108 valence electrons. The molecular formula is C14H19N3O3. The molecule has 6 heteroatoms. The summed E-state index contributed by atoms with van der Waals surface area (Å²) in [7, 11) is 0. The van der Waals surface area contributed by atoms with Crippen LogP contribution < -0.4 is 5.32 Å². The summed E-state index contributed by atoms with van der Waals surface area (Å²) in [6.45, 7) is 0.329. The van der Waals surface area contributed by atoms with Gasteiger partial charge >= 0.3 is 5.97 Å². The van der Waals surface area contributed by atoms with E-state index in [1.54, 1.807) is 18.3 Å². The molecule has 1 fully saturated rings. The zero-order chi connectivity index (χ0) is 14.4. The predicted molar refractivity (Wildman–Crippen MR) is 71.6 cm³/mol. The Morgan fingerprint density at radius 3 is 2.65 bits per heavy atom. The Balaban J connectivity index is 1.87. The van der Waals surface area contributed by atoms with Crippen LogP contribution in [0.15, 0.2) is 18.3 Å². The fourth-order valence-corrected chi connectivity index (χ4v) is 2.88. The minimum absolute atomic E-state index is 0.0750. The molecule has 0 aromatic carbocycles. The van der Waals surface area contributed by atoms with Crippen molar-refractivity contribution in [2.75, 3.05) is 0 Å². The third-order valence-electron chi connectivity index (χ3n) is 3.82. The molecule has 1 aliphatic carbocycles. The molecule has 0 bridgehead atoms. The van der Waals surface area contributed by atoms with Crippen molar-refractivity contribution < 1.29 is 14.7 Å². The van der Waals surface area contributed by atoms with Gasteiger partial charge in [-0.25, -0.2) is 0 Å². The molecule has 0 unspecified atom stereocenters. The molecule has 2 rings (SSSR count). The van der Waals surface area contributed by atoms with E-state index < -0.39 is 5.97 Å². The number of amides is 1. The molecule has 1 heterocycles. The van der Waals surface area contributed by atoms with Crippen LogP contribution in [0.4, 0.5) is 0 Å². The minimum Gasteiger partial charge on any atom is -0.481 e. The first-order valence-electron chi connectivity index (χ1n) is 6.85. The SMILES string of the molecule is O=C(O)CC1(CC(=O)NCc2cccnn2)CCCC1. The van der Waals surface area contributed by atoms with E-state index in [1.165, 1.54) is 0 Å². The highest BCUT2D eigenvalue weighted by atomic mass is 16.4. The van der Waals surface area contributed by atoms with Crippen LogP contribution in [-0.2, 0) is 16.1 Å². The van der Waals surface area contributed by atoms with Crippen LogP contribution in [-0.4, -0.2) is 27.2 Å². The summed E-state index contributed by atoms with van der Waals surface area (Å²) in [6.07, 6.45) is 5.57. The first-order valence-corrected chi connectivity index (χ1v) is 6.85. The number of nitrogens with zero attached hydrogens (tertiary/aromatic N) is 2. The largest absolute Gasteiger partial charge is 0.481 e. The quantitative estimate of drug-likeness (QED) is 0.822. The minimum atomic E-state index is -0.825. The third kappa shape index (κ3) is 4.01. The van der Waals surface area contributed by atoms with Crippen LogP contribution in [0.3, 0.4) is 0 Å². The van der Waals surface area contributed by atoms with E-state index in [0.29, 0.717) is 12.2 Å². The molecule has 2 N–H and O–H groups in total. The molecule has 20 heavy (non-hydrogen) atoms. The van der Waals surface area contributed by atoms with Gasteiger partial charge in [0.05, 0.1) is 18.7 Å². The van der Waals surface area contributed by atoms with Gasteiger partial charge in [-0.3, -0.25) is 9.59 Å². The van der Waals surface area contributed by atoms with Crippen molar-refractivity contribution >= 4 is 11.9 Å². The normalized spacial score (nSPS) is 16.8. The highest BCUT2D eigenvalue weighted by Crippen LogP contribution is 2.43. The fraction of sp³-hybridized carbons (Fsp3) is 0.571. The van der Waals surface area contributed by atoms with Gasteiger partial charge in [0.1, 0.15) is 0 Å². The van der Waals surface area contributed by atoms with Crippen LogP contribution >= 0.6 is 0 Å². The van der Waals surface area contributed by atoms with Crippen LogP contribution in [0.2, 0.25) is 0 Å². The van der Waals surface area contributed by atoms with Crippen molar-refractivity contribution in [2.45, 2.75) is 45.1 Å². The first kappa shape index (κ1) is 14.4. The summed E-state index contributed by atoms with van der Waals surface area (Å²) in [6, 6.07) is 3.55. The Hall–Kier alpha value is -1.98. The number of aromatic nitrogens is 2. The number of nitrogens with one attached hydrogen (secondary N) is 1. The topological polar surface area (TPSA) is 92.2 Å². The maximum Gasteiger partial charge on any atom is 0.303 e. The molecule has 0 saturated heterocycles. The number of carboxylic acid groups (broad SMARTS) is 1. The molecule has 1 amide bonds. The van der Waals surface area contributed by atoms with Crippen molar-refractivity contribution in [3.63, 3.8) is 0 Å². The van der Waals surface area contributed by atoms with E-state index in [2.05, 4.69) is 15.5 Å². The maximum absolute atomic E-state index is 12.0. The van der Waals surface area contributed by atoms with Crippen LogP contribution in [0, 0.1) is 5.41 Å². The van der Waals surface area contributed by atoms with Gasteiger partial charge in [-0.1, -0.05) is 12.8 Å². The standard InChI is InChI=1S/C14H19N3O3/c18-12(15-10-11-4-3-7-16-17-11)8-14(9-13(19)20)5-1-2-6-14/h3-4,7H,1-2,5-6,8-10H2,(H,15,18)(H,19,20). The van der Waals surface area contributed by atoms with Crippen molar-refractivity contribution in [3.05, 3.63) is 24.0 Å². The van der Waals surface area contributed by atoms with E-state index in [1.807, 2.05) is 0 Å². The Labute approximate surface area is 117 Å². The Bertz CT molecular complexity index is 470. The second-order valence-corrected chi connectivity index (χ2v) is 5.45. The molecular weight excluding hydrogens is 258 g/mol. The van der Waals surface area contributed by atoms with Crippen LogP contribution in [0.25, 0.3) is 0 Å². The summed E-state index contributed by atoms with van der Waals surface area (Å²) in [5.41, 5.74) is 0.331. The highest BCUT2D eigenvalue weighted by molar-refractivity contribution is 5.78. The Morgan fingerprint density at radius 1 is 1.30 bits per heavy atom. The molecule has 0 atom stereocenters. The summed E-state index contributed by atoms with van der Waals surface area (Å²) in [4.78, 5) is 23.0. The van der Waals surface area contributed by atoms with Gasteiger partial charge in [-0.2, -0.15) is 10.2 Å². The lowest BCUT2D eigenvalue weighted by Gasteiger charge is -2.26. The molecule has 1 aromatic heterocycles. The van der Waals surface area contributed by atoms with E-state index >= 15 is 0 Å². The highest BCUT2D eigenvalue weighted by Gasteiger charge is 2.37. The van der Waals surface area contributed by atoms with Gasteiger partial charge in [0.25, 0.3) is 0 Å². The lowest BCUT2D eigenvalue weighted by molar-refractivity contribution is -0.140. The molecule has 1 aliphatic rings. The number of carbonyl (C=O) groups is 2. The molecule has 0 spiro atoms. The molecule has 1 saturated carbocycles. The lowest BCUT2D eigenvalue weighted by Crippen LogP contribution is -2.32. The Kier molecular flexibility index (Phi) is 4.65. The van der Waals surface area contributed by atoms with E-state index in [0.717, 1.165) is 25.7 Å². The summed E-state index contributed by atoms with van der Waals surface area (Å²) in [5, 5.41) is 19.4. The van der Waals surface area contributed by atoms with Gasteiger partial charge < -0.3 is 10.4 Å². The Morgan fingerprint density at radius 2 is 2.05 bits per heavy atom. The summed E-state index contributed by atoms with van der Waals surface area (Å²) < 4.78 is 0. The zero-order valence-electron chi connectivity index (χ0n) is 11.3. The molecule has 0 radical (unpaired) electrons. The fourth-order valence-electron chi connectivity index (χ4n) is 2.88. The van der Waals surface area contributed by atoms with Gasteiger partial charge in [0.15, 0.2) is 0 Å². The number of hydrogen-bond donors (Lipinski definition) is 2. The van der Waals surface area contributed by atoms with E-state index in [4.69, 9.17) is 5.11 Å². The number of carboxylic acids is 1. The second-order valence-electron chi connectivity index (χ2n) is 5.45. The number of aliphatic carboxylic acids is 1. The zero-order valence-corrected chi connectivity index (χ0v) is 11.3. The van der Waals surface area contributed by atoms with Gasteiger partial charge in [-0.15, -0.1) is 0 Å². The third-order valence-corrected chi connectivity index (χ3v) is 3.82. The smallest absolute Gasteiger partial charge is 0.303 e.